The van der Waals surface area contributed by atoms with Crippen molar-refractivity contribution in [2.75, 3.05) is 0 Å². The minimum Gasteiger partial charge on any atom is -0.327 e. The molecule has 0 aromatic carbocycles. The van der Waals surface area contributed by atoms with Crippen LogP contribution in [-0.4, -0.2) is 20.8 Å². The smallest absolute Gasteiger partial charge is 0.116 e. The number of halogens is 1. The van der Waals surface area contributed by atoms with Gasteiger partial charge in [0.15, 0.2) is 0 Å². The van der Waals surface area contributed by atoms with E-state index >= 15 is 0 Å². The first kappa shape index (κ1) is 15.5. The first-order chi connectivity index (χ1) is 9.52. The molecule has 4 nitrogen and oxygen atoms in total. The molecule has 0 amide bonds. The second-order valence-corrected chi connectivity index (χ2v) is 6.59. The van der Waals surface area contributed by atoms with Crippen molar-refractivity contribution in [1.29, 1.82) is 0 Å². The van der Waals surface area contributed by atoms with E-state index in [0.717, 1.165) is 33.1 Å². The van der Waals surface area contributed by atoms with Crippen LogP contribution in [0.3, 0.4) is 0 Å². The molecule has 1 atom stereocenters. The van der Waals surface area contributed by atoms with Crippen molar-refractivity contribution in [3.05, 3.63) is 34.1 Å². The molecule has 2 heterocycles. The molecule has 0 fully saturated rings. The summed E-state index contributed by atoms with van der Waals surface area (Å²) in [7, 11) is 1.97. The van der Waals surface area contributed by atoms with Gasteiger partial charge in [0, 0.05) is 24.8 Å². The summed E-state index contributed by atoms with van der Waals surface area (Å²) in [6.07, 6.45) is 3.61. The maximum Gasteiger partial charge on any atom is 0.116 e. The van der Waals surface area contributed by atoms with Gasteiger partial charge in [0.1, 0.15) is 10.1 Å². The summed E-state index contributed by atoms with van der Waals surface area (Å²) in [5, 5.41) is 6.58. The molecule has 1 unspecified atom stereocenters. The van der Waals surface area contributed by atoms with Crippen LogP contribution in [0.5, 0.6) is 0 Å². The van der Waals surface area contributed by atoms with Gasteiger partial charge in [0.25, 0.3) is 0 Å². The Morgan fingerprint density at radius 1 is 1.50 bits per heavy atom. The lowest BCUT2D eigenvalue weighted by Crippen LogP contribution is -2.21. The van der Waals surface area contributed by atoms with Crippen LogP contribution < -0.4 is 5.73 Å². The molecule has 0 bridgehead atoms. The Morgan fingerprint density at radius 2 is 2.25 bits per heavy atom. The van der Waals surface area contributed by atoms with Crippen LogP contribution in [0.25, 0.3) is 0 Å². The SMILES string of the molecule is CCC(N)Cc1c(C)nn(C)c1Sc1ncccc1Br. The Kier molecular flexibility index (Phi) is 5.23. The van der Waals surface area contributed by atoms with E-state index in [4.69, 9.17) is 5.73 Å². The van der Waals surface area contributed by atoms with Crippen molar-refractivity contribution in [3.63, 3.8) is 0 Å². The van der Waals surface area contributed by atoms with Gasteiger partial charge in [-0.05, 0) is 59.6 Å². The molecular formula is C14H19BrN4S. The van der Waals surface area contributed by atoms with Crippen LogP contribution in [0.15, 0.2) is 32.9 Å². The highest BCUT2D eigenvalue weighted by atomic mass is 79.9. The summed E-state index contributed by atoms with van der Waals surface area (Å²) in [4.78, 5) is 4.41. The third-order valence-electron chi connectivity index (χ3n) is 3.20. The van der Waals surface area contributed by atoms with Crippen molar-refractivity contribution in [2.45, 2.75) is 42.8 Å². The van der Waals surface area contributed by atoms with Gasteiger partial charge in [0.2, 0.25) is 0 Å². The van der Waals surface area contributed by atoms with Gasteiger partial charge >= 0.3 is 0 Å². The van der Waals surface area contributed by atoms with Crippen LogP contribution in [0.1, 0.15) is 24.6 Å². The summed E-state index contributed by atoms with van der Waals surface area (Å²) in [6, 6.07) is 4.08. The molecule has 108 valence electrons. The Bertz CT molecular complexity index is 597. The van der Waals surface area contributed by atoms with Crippen molar-refractivity contribution in [2.24, 2.45) is 12.8 Å². The van der Waals surface area contributed by atoms with E-state index in [0.29, 0.717) is 0 Å². The number of aromatic nitrogens is 3. The highest BCUT2D eigenvalue weighted by molar-refractivity contribution is 9.10. The molecule has 2 aromatic heterocycles. The Labute approximate surface area is 132 Å². The van der Waals surface area contributed by atoms with Crippen molar-refractivity contribution < 1.29 is 0 Å². The van der Waals surface area contributed by atoms with Crippen LogP contribution >= 0.6 is 27.7 Å². The molecule has 0 aliphatic rings. The Balaban J connectivity index is 2.34. The largest absolute Gasteiger partial charge is 0.327 e. The van der Waals surface area contributed by atoms with Gasteiger partial charge in [-0.1, -0.05) is 6.92 Å². The average molecular weight is 355 g/mol. The molecule has 0 radical (unpaired) electrons. The number of rotatable bonds is 5. The van der Waals surface area contributed by atoms with Crippen LogP contribution in [0.2, 0.25) is 0 Å². The fourth-order valence-electron chi connectivity index (χ4n) is 1.99. The maximum atomic E-state index is 6.10. The van der Waals surface area contributed by atoms with Crippen molar-refractivity contribution in [3.8, 4) is 0 Å². The van der Waals surface area contributed by atoms with Crippen LogP contribution in [0.4, 0.5) is 0 Å². The molecule has 0 aliphatic heterocycles. The highest BCUT2D eigenvalue weighted by Crippen LogP contribution is 2.34. The monoisotopic (exact) mass is 354 g/mol. The first-order valence-electron chi connectivity index (χ1n) is 6.59. The average Bonchev–Trinajstić information content (AvgIpc) is 2.68. The quantitative estimate of drug-likeness (QED) is 0.894. The lowest BCUT2D eigenvalue weighted by Gasteiger charge is -2.11. The second-order valence-electron chi connectivity index (χ2n) is 4.76. The van der Waals surface area contributed by atoms with Gasteiger partial charge in [0.05, 0.1) is 10.2 Å². The van der Waals surface area contributed by atoms with Gasteiger partial charge < -0.3 is 5.73 Å². The molecule has 6 heteroatoms. The predicted molar refractivity (Wildman–Crippen MR) is 86.0 cm³/mol. The minimum absolute atomic E-state index is 0.171. The van der Waals surface area contributed by atoms with Crippen molar-refractivity contribution >= 4 is 27.7 Å². The molecule has 0 saturated heterocycles. The number of aryl methyl sites for hydroxylation is 2. The molecule has 0 spiro atoms. The standard InChI is InChI=1S/C14H19BrN4S/c1-4-10(16)8-11-9(2)18-19(3)14(11)20-13-12(15)6-5-7-17-13/h5-7,10H,4,8,16H2,1-3H3. The zero-order valence-electron chi connectivity index (χ0n) is 11.9. The Morgan fingerprint density at radius 3 is 2.90 bits per heavy atom. The molecule has 2 aromatic rings. The molecule has 2 rings (SSSR count). The van der Waals surface area contributed by atoms with E-state index in [9.17, 15) is 0 Å². The van der Waals surface area contributed by atoms with Gasteiger partial charge in [-0.2, -0.15) is 5.10 Å². The lowest BCUT2D eigenvalue weighted by atomic mass is 10.1. The van der Waals surface area contributed by atoms with E-state index in [1.54, 1.807) is 18.0 Å². The summed E-state index contributed by atoms with van der Waals surface area (Å²) in [5.41, 5.74) is 8.38. The van der Waals surface area contributed by atoms with Gasteiger partial charge in [-0.3, -0.25) is 4.68 Å². The molecule has 0 aliphatic carbocycles. The van der Waals surface area contributed by atoms with Crippen molar-refractivity contribution in [1.82, 2.24) is 14.8 Å². The molecular weight excluding hydrogens is 336 g/mol. The number of hydrogen-bond donors (Lipinski definition) is 1. The summed E-state index contributed by atoms with van der Waals surface area (Å²) >= 11 is 5.16. The predicted octanol–water partition coefficient (Wildman–Crippen LogP) is 3.32. The molecule has 2 N–H and O–H groups in total. The van der Waals surface area contributed by atoms with E-state index in [-0.39, 0.29) is 6.04 Å². The fraction of sp³-hybridized carbons (Fsp3) is 0.429. The van der Waals surface area contributed by atoms with Gasteiger partial charge in [-0.25, -0.2) is 4.98 Å². The van der Waals surface area contributed by atoms with Crippen LogP contribution in [0, 0.1) is 6.92 Å². The summed E-state index contributed by atoms with van der Waals surface area (Å²) in [5.74, 6) is 0. The number of nitrogens with zero attached hydrogens (tertiary/aromatic N) is 3. The molecule has 20 heavy (non-hydrogen) atoms. The van der Waals surface area contributed by atoms with E-state index in [1.165, 1.54) is 5.56 Å². The number of nitrogens with two attached hydrogens (primary N) is 1. The Hall–Kier alpha value is -0.850. The fourth-order valence-corrected chi connectivity index (χ4v) is 3.48. The molecule has 0 saturated carbocycles. The number of hydrogen-bond acceptors (Lipinski definition) is 4. The van der Waals surface area contributed by atoms with E-state index in [2.05, 4.69) is 32.9 Å². The zero-order valence-corrected chi connectivity index (χ0v) is 14.3. The third kappa shape index (κ3) is 3.42. The summed E-state index contributed by atoms with van der Waals surface area (Å²) < 4.78 is 2.91. The van der Waals surface area contributed by atoms with E-state index < -0.39 is 0 Å². The van der Waals surface area contributed by atoms with E-state index in [1.807, 2.05) is 30.8 Å². The number of pyridine rings is 1. The first-order valence-corrected chi connectivity index (χ1v) is 8.20. The normalized spacial score (nSPS) is 12.7. The lowest BCUT2D eigenvalue weighted by molar-refractivity contribution is 0.631. The third-order valence-corrected chi connectivity index (χ3v) is 5.32. The highest BCUT2D eigenvalue weighted by Gasteiger charge is 2.18. The zero-order chi connectivity index (χ0) is 14.7. The topological polar surface area (TPSA) is 56.7 Å². The minimum atomic E-state index is 0.171. The summed E-state index contributed by atoms with van der Waals surface area (Å²) in [6.45, 7) is 4.15. The second kappa shape index (κ2) is 6.74. The van der Waals surface area contributed by atoms with Crippen LogP contribution in [-0.2, 0) is 13.5 Å². The maximum absolute atomic E-state index is 6.10. The van der Waals surface area contributed by atoms with Gasteiger partial charge in [-0.15, -0.1) is 0 Å².